The third-order valence-corrected chi connectivity index (χ3v) is 3.33. The van der Waals surface area contributed by atoms with E-state index in [0.717, 1.165) is 0 Å². The van der Waals surface area contributed by atoms with Gasteiger partial charge in [0, 0.05) is 19.1 Å². The average Bonchev–Trinajstić information content (AvgIpc) is 2.60. The molecule has 0 aromatic heterocycles. The highest BCUT2D eigenvalue weighted by Gasteiger charge is 2.28. The molecule has 1 aliphatic heterocycles. The lowest BCUT2D eigenvalue weighted by molar-refractivity contribution is 0.316. The topological polar surface area (TPSA) is 24.1 Å². The van der Waals surface area contributed by atoms with Crippen molar-refractivity contribution < 1.29 is 0 Å². The minimum Gasteiger partial charge on any atom is -0.316 e. The summed E-state index contributed by atoms with van der Waals surface area (Å²) in [6.07, 6.45) is 5.30. The van der Waals surface area contributed by atoms with E-state index in [1.807, 2.05) is 0 Å². The largest absolute Gasteiger partial charge is 0.316 e. The van der Waals surface area contributed by atoms with Crippen LogP contribution in [0.25, 0.3) is 0 Å². The van der Waals surface area contributed by atoms with Crippen LogP contribution in [0.15, 0.2) is 0 Å². The van der Waals surface area contributed by atoms with Crippen molar-refractivity contribution in [2.75, 3.05) is 19.6 Å². The molecule has 1 rings (SSSR count). The maximum atomic E-state index is 3.66. The summed E-state index contributed by atoms with van der Waals surface area (Å²) in [6, 6.07) is 0.687. The molecule has 2 heteroatoms. The van der Waals surface area contributed by atoms with Crippen LogP contribution in [0.5, 0.6) is 0 Å². The van der Waals surface area contributed by atoms with Gasteiger partial charge in [0.1, 0.15) is 0 Å². The first-order valence-corrected chi connectivity index (χ1v) is 6.10. The van der Waals surface area contributed by atoms with E-state index in [0.29, 0.717) is 11.5 Å². The Morgan fingerprint density at radius 1 is 1.50 bits per heavy atom. The molecule has 1 heterocycles. The predicted molar refractivity (Wildman–Crippen MR) is 62.6 cm³/mol. The van der Waals surface area contributed by atoms with Crippen LogP contribution in [0.2, 0.25) is 0 Å². The Morgan fingerprint density at radius 2 is 2.29 bits per heavy atom. The summed E-state index contributed by atoms with van der Waals surface area (Å²) in [4.78, 5) is 0. The molecule has 0 aromatic rings. The first kappa shape index (κ1) is 12.0. The zero-order valence-electron chi connectivity index (χ0n) is 10.0. The van der Waals surface area contributed by atoms with Crippen LogP contribution in [0, 0.1) is 5.41 Å². The standard InChI is InChI=1S/C12H26N2/c1-4-5-6-11(2)14-10-12(3)7-8-13-9-12/h11,13-14H,4-10H2,1-3H3. The van der Waals surface area contributed by atoms with Crippen molar-refractivity contribution >= 4 is 0 Å². The van der Waals surface area contributed by atoms with E-state index in [9.17, 15) is 0 Å². The van der Waals surface area contributed by atoms with Crippen LogP contribution < -0.4 is 10.6 Å². The number of nitrogens with one attached hydrogen (secondary N) is 2. The predicted octanol–water partition coefficient (Wildman–Crippen LogP) is 2.15. The number of rotatable bonds is 6. The maximum Gasteiger partial charge on any atom is 0.00389 e. The van der Waals surface area contributed by atoms with Crippen molar-refractivity contribution in [1.29, 1.82) is 0 Å². The van der Waals surface area contributed by atoms with Gasteiger partial charge in [-0.3, -0.25) is 0 Å². The lowest BCUT2D eigenvalue weighted by Crippen LogP contribution is -2.38. The van der Waals surface area contributed by atoms with E-state index in [4.69, 9.17) is 0 Å². The first-order chi connectivity index (χ1) is 6.66. The van der Waals surface area contributed by atoms with Crippen LogP contribution in [0.4, 0.5) is 0 Å². The van der Waals surface area contributed by atoms with Gasteiger partial charge in [-0.2, -0.15) is 0 Å². The van der Waals surface area contributed by atoms with Crippen molar-refractivity contribution in [2.24, 2.45) is 5.41 Å². The highest BCUT2D eigenvalue weighted by Crippen LogP contribution is 2.23. The SMILES string of the molecule is CCCCC(C)NCC1(C)CCNC1. The van der Waals surface area contributed by atoms with Crippen molar-refractivity contribution in [1.82, 2.24) is 10.6 Å². The Morgan fingerprint density at radius 3 is 2.86 bits per heavy atom. The third-order valence-electron chi connectivity index (χ3n) is 3.33. The molecule has 0 aromatic carbocycles. The average molecular weight is 198 g/mol. The third kappa shape index (κ3) is 3.97. The molecule has 2 nitrogen and oxygen atoms in total. The summed E-state index contributed by atoms with van der Waals surface area (Å²) in [6.45, 7) is 10.5. The molecule has 1 saturated heterocycles. The van der Waals surface area contributed by atoms with E-state index in [-0.39, 0.29) is 0 Å². The fourth-order valence-electron chi connectivity index (χ4n) is 2.05. The van der Waals surface area contributed by atoms with Crippen molar-refractivity contribution in [3.8, 4) is 0 Å². The lowest BCUT2D eigenvalue weighted by Gasteiger charge is -2.25. The zero-order chi connectivity index (χ0) is 10.4. The van der Waals surface area contributed by atoms with Crippen LogP contribution >= 0.6 is 0 Å². The first-order valence-electron chi connectivity index (χ1n) is 6.10. The summed E-state index contributed by atoms with van der Waals surface area (Å²) in [7, 11) is 0. The quantitative estimate of drug-likeness (QED) is 0.683. The molecular weight excluding hydrogens is 172 g/mol. The summed E-state index contributed by atoms with van der Waals surface area (Å²) < 4.78 is 0. The van der Waals surface area contributed by atoms with Crippen molar-refractivity contribution in [2.45, 2.75) is 52.5 Å². The van der Waals surface area contributed by atoms with Gasteiger partial charge in [0.15, 0.2) is 0 Å². The minimum absolute atomic E-state index is 0.500. The molecule has 14 heavy (non-hydrogen) atoms. The molecule has 0 saturated carbocycles. The van der Waals surface area contributed by atoms with E-state index in [1.165, 1.54) is 45.3 Å². The Balaban J connectivity index is 2.12. The highest BCUT2D eigenvalue weighted by molar-refractivity contribution is 4.86. The summed E-state index contributed by atoms with van der Waals surface area (Å²) >= 11 is 0. The smallest absolute Gasteiger partial charge is 0.00389 e. The normalized spacial score (nSPS) is 29.4. The molecule has 0 bridgehead atoms. The molecule has 2 N–H and O–H groups in total. The fourth-order valence-corrected chi connectivity index (χ4v) is 2.05. The van der Waals surface area contributed by atoms with E-state index >= 15 is 0 Å². The van der Waals surface area contributed by atoms with Crippen LogP contribution in [-0.4, -0.2) is 25.7 Å². The molecule has 0 radical (unpaired) electrons. The molecule has 0 amide bonds. The van der Waals surface area contributed by atoms with Crippen LogP contribution in [0.1, 0.15) is 46.5 Å². The van der Waals surface area contributed by atoms with Gasteiger partial charge < -0.3 is 10.6 Å². The molecule has 2 unspecified atom stereocenters. The van der Waals surface area contributed by atoms with E-state index in [1.54, 1.807) is 0 Å². The van der Waals surface area contributed by atoms with Gasteiger partial charge in [0.05, 0.1) is 0 Å². The Hall–Kier alpha value is -0.0800. The lowest BCUT2D eigenvalue weighted by atomic mass is 9.89. The minimum atomic E-state index is 0.500. The summed E-state index contributed by atoms with van der Waals surface area (Å²) in [5.41, 5.74) is 0.500. The van der Waals surface area contributed by atoms with Gasteiger partial charge in [-0.25, -0.2) is 0 Å². The van der Waals surface area contributed by atoms with Crippen LogP contribution in [-0.2, 0) is 0 Å². The van der Waals surface area contributed by atoms with Crippen molar-refractivity contribution in [3.05, 3.63) is 0 Å². The summed E-state index contributed by atoms with van der Waals surface area (Å²) in [5.74, 6) is 0. The Labute approximate surface area is 88.8 Å². The van der Waals surface area contributed by atoms with Crippen LogP contribution in [0.3, 0.4) is 0 Å². The fraction of sp³-hybridized carbons (Fsp3) is 1.00. The molecule has 1 aliphatic rings. The molecular formula is C12H26N2. The zero-order valence-corrected chi connectivity index (χ0v) is 10.0. The van der Waals surface area contributed by atoms with E-state index in [2.05, 4.69) is 31.4 Å². The van der Waals surface area contributed by atoms with E-state index < -0.39 is 0 Å². The second-order valence-electron chi connectivity index (χ2n) is 5.16. The monoisotopic (exact) mass is 198 g/mol. The van der Waals surface area contributed by atoms with Gasteiger partial charge in [0.2, 0.25) is 0 Å². The molecule has 0 spiro atoms. The molecule has 84 valence electrons. The molecule has 2 atom stereocenters. The number of hydrogen-bond donors (Lipinski definition) is 2. The van der Waals surface area contributed by atoms with Gasteiger partial charge in [-0.05, 0) is 31.7 Å². The number of unbranched alkanes of at least 4 members (excludes halogenated alkanes) is 1. The van der Waals surface area contributed by atoms with Gasteiger partial charge >= 0.3 is 0 Å². The second kappa shape index (κ2) is 5.72. The Kier molecular flexibility index (Phi) is 4.90. The Bertz CT molecular complexity index is 150. The van der Waals surface area contributed by atoms with Gasteiger partial charge in [-0.15, -0.1) is 0 Å². The molecule has 0 aliphatic carbocycles. The summed E-state index contributed by atoms with van der Waals surface area (Å²) in [5, 5.41) is 7.10. The molecule has 1 fully saturated rings. The van der Waals surface area contributed by atoms with Gasteiger partial charge in [0.25, 0.3) is 0 Å². The number of hydrogen-bond acceptors (Lipinski definition) is 2. The van der Waals surface area contributed by atoms with Crippen molar-refractivity contribution in [3.63, 3.8) is 0 Å². The second-order valence-corrected chi connectivity index (χ2v) is 5.16. The van der Waals surface area contributed by atoms with Gasteiger partial charge in [-0.1, -0.05) is 26.7 Å². The maximum absolute atomic E-state index is 3.66. The highest BCUT2D eigenvalue weighted by atomic mass is 15.0.